The molecule has 0 bridgehead atoms. The molecule has 0 aliphatic carbocycles. The van der Waals surface area contributed by atoms with Crippen molar-refractivity contribution in [3.8, 4) is 11.5 Å². The number of carbonyl (C=O) groups is 1. The van der Waals surface area contributed by atoms with E-state index < -0.39 is 0 Å². The first-order chi connectivity index (χ1) is 15.1. The molecule has 1 saturated heterocycles. The van der Waals surface area contributed by atoms with Gasteiger partial charge in [-0.25, -0.2) is 0 Å². The zero-order valence-electron chi connectivity index (χ0n) is 18.0. The Kier molecular flexibility index (Phi) is 6.57. The topological polar surface area (TPSA) is 55.2 Å². The van der Waals surface area contributed by atoms with Gasteiger partial charge >= 0.3 is 0 Å². The highest BCUT2D eigenvalue weighted by molar-refractivity contribution is 5.91. The molecule has 3 aromatic rings. The number of nitrogens with zero attached hydrogens (tertiary/aromatic N) is 2. The molecule has 0 spiro atoms. The van der Waals surface area contributed by atoms with Gasteiger partial charge in [-0.2, -0.15) is 0 Å². The average Bonchev–Trinajstić information content (AvgIpc) is 3.27. The van der Waals surface area contributed by atoms with Gasteiger partial charge in [0.25, 0.3) is 5.91 Å². The van der Waals surface area contributed by atoms with E-state index in [0.717, 1.165) is 25.4 Å². The number of hydrogen-bond donors (Lipinski definition) is 0. The van der Waals surface area contributed by atoms with E-state index in [-0.39, 0.29) is 12.5 Å². The maximum absolute atomic E-state index is 12.8. The van der Waals surface area contributed by atoms with Gasteiger partial charge < -0.3 is 18.8 Å². The molecule has 0 unspecified atom stereocenters. The van der Waals surface area contributed by atoms with Crippen LogP contribution in [0, 0.1) is 6.92 Å². The highest BCUT2D eigenvalue weighted by Crippen LogP contribution is 2.21. The Morgan fingerprint density at radius 2 is 1.74 bits per heavy atom. The number of amides is 1. The van der Waals surface area contributed by atoms with Crippen LogP contribution in [0.2, 0.25) is 0 Å². The molecule has 0 saturated carbocycles. The maximum atomic E-state index is 12.8. The van der Waals surface area contributed by atoms with Gasteiger partial charge in [-0.05, 0) is 36.8 Å². The van der Waals surface area contributed by atoms with E-state index in [1.807, 2.05) is 29.2 Å². The summed E-state index contributed by atoms with van der Waals surface area (Å²) in [5.74, 6) is 2.33. The van der Waals surface area contributed by atoms with E-state index in [1.165, 1.54) is 11.1 Å². The summed E-state index contributed by atoms with van der Waals surface area (Å²) in [7, 11) is 1.62. The van der Waals surface area contributed by atoms with E-state index in [2.05, 4.69) is 36.1 Å². The molecule has 6 heteroatoms. The molecule has 6 nitrogen and oxygen atoms in total. The fraction of sp³-hybridized carbons (Fsp3) is 0.320. The van der Waals surface area contributed by atoms with Crippen molar-refractivity contribution in [2.75, 3.05) is 33.3 Å². The van der Waals surface area contributed by atoms with Crippen molar-refractivity contribution in [2.45, 2.75) is 20.1 Å². The Labute approximate surface area is 183 Å². The molecule has 2 aromatic carbocycles. The minimum atomic E-state index is -0.0668. The van der Waals surface area contributed by atoms with Crippen LogP contribution < -0.4 is 9.47 Å². The van der Waals surface area contributed by atoms with Crippen molar-refractivity contribution in [1.29, 1.82) is 0 Å². The average molecular weight is 421 g/mol. The second kappa shape index (κ2) is 9.71. The van der Waals surface area contributed by atoms with Gasteiger partial charge in [0, 0.05) is 38.8 Å². The van der Waals surface area contributed by atoms with Gasteiger partial charge in [0.15, 0.2) is 5.76 Å². The van der Waals surface area contributed by atoms with Crippen LogP contribution in [0.1, 0.15) is 27.4 Å². The fourth-order valence-corrected chi connectivity index (χ4v) is 3.75. The Hall–Kier alpha value is -3.25. The predicted octanol–water partition coefficient (Wildman–Crippen LogP) is 4.13. The number of benzene rings is 2. The molecule has 31 heavy (non-hydrogen) atoms. The normalized spacial score (nSPS) is 14.5. The third-order valence-electron chi connectivity index (χ3n) is 5.44. The summed E-state index contributed by atoms with van der Waals surface area (Å²) in [5, 5.41) is 0. The smallest absolute Gasteiger partial charge is 0.289 e. The zero-order chi connectivity index (χ0) is 21.6. The summed E-state index contributed by atoms with van der Waals surface area (Å²) in [6.45, 7) is 6.38. The number of piperazine rings is 1. The molecule has 1 aromatic heterocycles. The minimum absolute atomic E-state index is 0.0668. The van der Waals surface area contributed by atoms with Gasteiger partial charge in [0.2, 0.25) is 0 Å². The van der Waals surface area contributed by atoms with Crippen molar-refractivity contribution in [3.05, 3.63) is 83.3 Å². The third-order valence-corrected chi connectivity index (χ3v) is 5.44. The van der Waals surface area contributed by atoms with E-state index >= 15 is 0 Å². The fourth-order valence-electron chi connectivity index (χ4n) is 3.75. The number of methoxy groups -OCH3 is 1. The number of ether oxygens (including phenoxy) is 2. The highest BCUT2D eigenvalue weighted by Gasteiger charge is 2.24. The van der Waals surface area contributed by atoms with Crippen molar-refractivity contribution in [3.63, 3.8) is 0 Å². The molecule has 1 fully saturated rings. The molecule has 162 valence electrons. The number of hydrogen-bond acceptors (Lipinski definition) is 5. The van der Waals surface area contributed by atoms with Gasteiger partial charge in [-0.1, -0.05) is 35.9 Å². The van der Waals surface area contributed by atoms with Crippen LogP contribution in [0.25, 0.3) is 0 Å². The lowest BCUT2D eigenvalue weighted by Gasteiger charge is -2.34. The summed E-state index contributed by atoms with van der Waals surface area (Å²) < 4.78 is 16.7. The highest BCUT2D eigenvalue weighted by atomic mass is 16.5. The van der Waals surface area contributed by atoms with E-state index in [1.54, 1.807) is 19.2 Å². The van der Waals surface area contributed by atoms with Crippen molar-refractivity contribution in [1.82, 2.24) is 9.80 Å². The molecule has 1 aliphatic rings. The lowest BCUT2D eigenvalue weighted by atomic mass is 10.1. The number of aryl methyl sites for hydroxylation is 1. The standard InChI is InChI=1S/C25H28N2O4/c1-19-5-3-6-20(15-19)17-26-11-13-27(14-12-26)25(28)24-10-9-23(31-24)18-30-22-8-4-7-21(16-22)29-2/h3-10,15-16H,11-14,17-18H2,1-2H3. The molecular weight excluding hydrogens is 392 g/mol. The second-order valence-electron chi connectivity index (χ2n) is 7.79. The van der Waals surface area contributed by atoms with Gasteiger partial charge in [-0.15, -0.1) is 0 Å². The van der Waals surface area contributed by atoms with E-state index in [9.17, 15) is 4.79 Å². The van der Waals surface area contributed by atoms with Crippen molar-refractivity contribution < 1.29 is 18.7 Å². The summed E-state index contributed by atoms with van der Waals surface area (Å²) >= 11 is 0. The molecule has 2 heterocycles. The summed E-state index contributed by atoms with van der Waals surface area (Å²) in [6, 6.07) is 19.5. The van der Waals surface area contributed by atoms with Crippen LogP contribution in [0.5, 0.6) is 11.5 Å². The molecule has 1 amide bonds. The summed E-state index contributed by atoms with van der Waals surface area (Å²) in [5.41, 5.74) is 2.59. The minimum Gasteiger partial charge on any atom is -0.497 e. The van der Waals surface area contributed by atoms with Crippen LogP contribution in [0.15, 0.2) is 65.1 Å². The molecule has 0 atom stereocenters. The Morgan fingerprint density at radius 1 is 0.968 bits per heavy atom. The lowest BCUT2D eigenvalue weighted by molar-refractivity contribution is 0.0594. The van der Waals surface area contributed by atoms with Crippen molar-refractivity contribution in [2.24, 2.45) is 0 Å². The van der Waals surface area contributed by atoms with E-state index in [4.69, 9.17) is 13.9 Å². The molecule has 0 radical (unpaired) electrons. The molecule has 1 aliphatic heterocycles. The first-order valence-electron chi connectivity index (χ1n) is 10.5. The Balaban J connectivity index is 1.28. The quantitative estimate of drug-likeness (QED) is 0.575. The maximum Gasteiger partial charge on any atom is 0.289 e. The van der Waals surface area contributed by atoms with Crippen LogP contribution >= 0.6 is 0 Å². The summed E-state index contributed by atoms with van der Waals surface area (Å²) in [6.07, 6.45) is 0. The molecule has 4 rings (SSSR count). The largest absolute Gasteiger partial charge is 0.497 e. The van der Waals surface area contributed by atoms with E-state index in [0.29, 0.717) is 30.4 Å². The zero-order valence-corrected chi connectivity index (χ0v) is 18.0. The first-order valence-corrected chi connectivity index (χ1v) is 10.5. The van der Waals surface area contributed by atoms with Crippen LogP contribution in [0.3, 0.4) is 0 Å². The van der Waals surface area contributed by atoms with Crippen LogP contribution in [-0.2, 0) is 13.2 Å². The van der Waals surface area contributed by atoms with Gasteiger partial charge in [0.1, 0.15) is 23.9 Å². The van der Waals surface area contributed by atoms with Crippen LogP contribution in [0.4, 0.5) is 0 Å². The third kappa shape index (κ3) is 5.47. The number of rotatable bonds is 7. The molecular formula is C25H28N2O4. The Bertz CT molecular complexity index is 1020. The molecule has 0 N–H and O–H groups in total. The second-order valence-corrected chi connectivity index (χ2v) is 7.79. The van der Waals surface area contributed by atoms with Crippen LogP contribution in [-0.4, -0.2) is 49.0 Å². The lowest BCUT2D eigenvalue weighted by Crippen LogP contribution is -2.48. The first kappa shape index (κ1) is 21.0. The van der Waals surface area contributed by atoms with Gasteiger partial charge in [-0.3, -0.25) is 9.69 Å². The van der Waals surface area contributed by atoms with Gasteiger partial charge in [0.05, 0.1) is 7.11 Å². The SMILES string of the molecule is COc1cccc(OCc2ccc(C(=O)N3CCN(Cc4cccc(C)c4)CC3)o2)c1. The monoisotopic (exact) mass is 420 g/mol. The van der Waals surface area contributed by atoms with Crippen molar-refractivity contribution >= 4 is 5.91 Å². The number of carbonyl (C=O) groups excluding carboxylic acids is 1. The Morgan fingerprint density at radius 3 is 2.52 bits per heavy atom. The predicted molar refractivity (Wildman–Crippen MR) is 118 cm³/mol. The summed E-state index contributed by atoms with van der Waals surface area (Å²) in [4.78, 5) is 17.1. The number of furan rings is 1.